The van der Waals surface area contributed by atoms with E-state index in [-0.39, 0.29) is 11.9 Å². The molecule has 0 atom stereocenters. The number of amides is 1. The molecule has 0 aliphatic heterocycles. The summed E-state index contributed by atoms with van der Waals surface area (Å²) < 4.78 is 5.27. The van der Waals surface area contributed by atoms with Crippen LogP contribution in [0.25, 0.3) is 11.3 Å². The number of aromatic nitrogens is 1. The molecule has 1 saturated carbocycles. The van der Waals surface area contributed by atoms with Crippen LogP contribution in [-0.4, -0.2) is 17.1 Å². The van der Waals surface area contributed by atoms with Gasteiger partial charge in [0, 0.05) is 11.6 Å². The van der Waals surface area contributed by atoms with E-state index in [2.05, 4.69) is 10.5 Å². The molecule has 22 heavy (non-hydrogen) atoms. The summed E-state index contributed by atoms with van der Waals surface area (Å²) in [5.74, 6) is 0.509. The van der Waals surface area contributed by atoms with Crippen molar-refractivity contribution in [1.29, 1.82) is 0 Å². The van der Waals surface area contributed by atoms with Gasteiger partial charge < -0.3 is 9.84 Å². The van der Waals surface area contributed by atoms with Gasteiger partial charge in [-0.2, -0.15) is 0 Å². The zero-order valence-corrected chi connectivity index (χ0v) is 13.0. The average molecular weight is 298 g/mol. The van der Waals surface area contributed by atoms with Gasteiger partial charge in [-0.1, -0.05) is 61.2 Å². The van der Waals surface area contributed by atoms with E-state index in [0.717, 1.165) is 18.4 Å². The van der Waals surface area contributed by atoms with E-state index in [9.17, 15) is 4.79 Å². The maximum Gasteiger partial charge on any atom is 0.257 e. The van der Waals surface area contributed by atoms with Crippen molar-refractivity contribution in [3.05, 3.63) is 41.7 Å². The maximum atomic E-state index is 12.7. The summed E-state index contributed by atoms with van der Waals surface area (Å²) in [4.78, 5) is 12.7. The van der Waals surface area contributed by atoms with Crippen LogP contribution < -0.4 is 5.32 Å². The summed E-state index contributed by atoms with van der Waals surface area (Å²) >= 11 is 0. The molecular formula is C18H22N2O2. The zero-order valence-electron chi connectivity index (χ0n) is 13.0. The monoisotopic (exact) mass is 298 g/mol. The van der Waals surface area contributed by atoms with Gasteiger partial charge in [-0.15, -0.1) is 0 Å². The third-order valence-electron chi connectivity index (χ3n) is 4.33. The molecule has 4 nitrogen and oxygen atoms in total. The molecular weight excluding hydrogens is 276 g/mol. The van der Waals surface area contributed by atoms with E-state index in [1.54, 1.807) is 6.92 Å². The van der Waals surface area contributed by atoms with Gasteiger partial charge in [0.15, 0.2) is 0 Å². The molecule has 0 radical (unpaired) electrons. The van der Waals surface area contributed by atoms with Gasteiger partial charge in [0.05, 0.1) is 0 Å². The molecule has 1 amide bonds. The van der Waals surface area contributed by atoms with Gasteiger partial charge >= 0.3 is 0 Å². The third-order valence-corrected chi connectivity index (χ3v) is 4.33. The Labute approximate surface area is 130 Å². The van der Waals surface area contributed by atoms with Crippen LogP contribution in [0.3, 0.4) is 0 Å². The summed E-state index contributed by atoms with van der Waals surface area (Å²) in [6.45, 7) is 1.79. The highest BCUT2D eigenvalue weighted by molar-refractivity contribution is 6.00. The van der Waals surface area contributed by atoms with Crippen LogP contribution in [0, 0.1) is 6.92 Å². The standard InChI is InChI=1S/C18H22N2O2/c1-13-16(17(20-22-13)14-9-5-4-6-10-14)18(21)19-15-11-7-2-3-8-12-15/h4-6,9-10,15H,2-3,7-8,11-12H2,1H3,(H,19,21). The van der Waals surface area contributed by atoms with Crippen LogP contribution in [0.1, 0.15) is 54.6 Å². The lowest BCUT2D eigenvalue weighted by molar-refractivity contribution is 0.0932. The predicted octanol–water partition coefficient (Wildman–Crippen LogP) is 4.10. The number of nitrogens with one attached hydrogen (secondary N) is 1. The highest BCUT2D eigenvalue weighted by atomic mass is 16.5. The zero-order chi connectivity index (χ0) is 15.4. The molecule has 1 aliphatic rings. The Morgan fingerprint density at radius 3 is 2.50 bits per heavy atom. The van der Waals surface area contributed by atoms with Crippen LogP contribution in [0.5, 0.6) is 0 Å². The topological polar surface area (TPSA) is 55.1 Å². The molecule has 1 N–H and O–H groups in total. The Bertz CT molecular complexity index is 626. The van der Waals surface area contributed by atoms with Crippen LogP contribution in [0.2, 0.25) is 0 Å². The molecule has 1 aliphatic carbocycles. The molecule has 1 aromatic carbocycles. The van der Waals surface area contributed by atoms with Gasteiger partial charge in [0.25, 0.3) is 5.91 Å². The quantitative estimate of drug-likeness (QED) is 0.868. The van der Waals surface area contributed by atoms with Crippen molar-refractivity contribution in [2.75, 3.05) is 0 Å². The molecule has 2 aromatic rings. The molecule has 3 rings (SSSR count). The highest BCUT2D eigenvalue weighted by Gasteiger charge is 2.24. The summed E-state index contributed by atoms with van der Waals surface area (Å²) in [5.41, 5.74) is 2.10. The van der Waals surface area contributed by atoms with E-state index in [1.807, 2.05) is 30.3 Å². The van der Waals surface area contributed by atoms with Gasteiger partial charge in [-0.25, -0.2) is 0 Å². The lowest BCUT2D eigenvalue weighted by Gasteiger charge is -2.16. The van der Waals surface area contributed by atoms with Crippen molar-refractivity contribution >= 4 is 5.91 Å². The molecule has 116 valence electrons. The molecule has 0 bridgehead atoms. The van der Waals surface area contributed by atoms with Gasteiger partial charge in [-0.3, -0.25) is 4.79 Å². The second-order valence-electron chi connectivity index (χ2n) is 5.99. The van der Waals surface area contributed by atoms with Crippen molar-refractivity contribution in [3.63, 3.8) is 0 Å². The molecule has 1 aromatic heterocycles. The van der Waals surface area contributed by atoms with E-state index >= 15 is 0 Å². The first-order valence-corrected chi connectivity index (χ1v) is 8.08. The van der Waals surface area contributed by atoms with Crippen molar-refractivity contribution in [2.24, 2.45) is 0 Å². The summed E-state index contributed by atoms with van der Waals surface area (Å²) in [6, 6.07) is 9.98. The van der Waals surface area contributed by atoms with E-state index in [0.29, 0.717) is 17.0 Å². The fourth-order valence-electron chi connectivity index (χ4n) is 3.11. The molecule has 0 spiro atoms. The largest absolute Gasteiger partial charge is 0.360 e. The van der Waals surface area contributed by atoms with Gasteiger partial charge in [-0.05, 0) is 19.8 Å². The number of aryl methyl sites for hydroxylation is 1. The first-order chi connectivity index (χ1) is 10.8. The van der Waals surface area contributed by atoms with Crippen molar-refractivity contribution in [1.82, 2.24) is 10.5 Å². The lowest BCUT2D eigenvalue weighted by Crippen LogP contribution is -2.34. The Hall–Kier alpha value is -2.10. The number of benzene rings is 1. The lowest BCUT2D eigenvalue weighted by atomic mass is 10.0. The average Bonchev–Trinajstić information content (AvgIpc) is 2.75. The minimum atomic E-state index is -0.0653. The van der Waals surface area contributed by atoms with Crippen molar-refractivity contribution in [2.45, 2.75) is 51.5 Å². The van der Waals surface area contributed by atoms with Crippen molar-refractivity contribution in [3.8, 4) is 11.3 Å². The summed E-state index contributed by atoms with van der Waals surface area (Å²) in [7, 11) is 0. The second kappa shape index (κ2) is 6.77. The summed E-state index contributed by atoms with van der Waals surface area (Å²) in [5, 5.41) is 7.26. The van der Waals surface area contributed by atoms with Gasteiger partial charge in [0.1, 0.15) is 17.0 Å². The molecule has 0 saturated heterocycles. The molecule has 0 unspecified atom stereocenters. The van der Waals surface area contributed by atoms with Gasteiger partial charge in [0.2, 0.25) is 0 Å². The third kappa shape index (κ3) is 3.21. The maximum absolute atomic E-state index is 12.7. The fraction of sp³-hybridized carbons (Fsp3) is 0.444. The van der Waals surface area contributed by atoms with E-state index in [1.165, 1.54) is 25.7 Å². The molecule has 1 heterocycles. The first-order valence-electron chi connectivity index (χ1n) is 8.08. The second-order valence-corrected chi connectivity index (χ2v) is 5.99. The smallest absolute Gasteiger partial charge is 0.257 e. The fourth-order valence-corrected chi connectivity index (χ4v) is 3.11. The number of rotatable bonds is 3. The summed E-state index contributed by atoms with van der Waals surface area (Å²) in [6.07, 6.45) is 7.06. The molecule has 4 heteroatoms. The molecule has 1 fully saturated rings. The Morgan fingerprint density at radius 1 is 1.14 bits per heavy atom. The van der Waals surface area contributed by atoms with Crippen molar-refractivity contribution < 1.29 is 9.32 Å². The van der Waals surface area contributed by atoms with Crippen LogP contribution in [-0.2, 0) is 0 Å². The number of hydrogen-bond acceptors (Lipinski definition) is 3. The van der Waals surface area contributed by atoms with E-state index < -0.39 is 0 Å². The Balaban J connectivity index is 1.82. The van der Waals surface area contributed by atoms with Crippen LogP contribution in [0.4, 0.5) is 0 Å². The number of nitrogens with zero attached hydrogens (tertiary/aromatic N) is 1. The minimum absolute atomic E-state index is 0.0653. The number of carbonyl (C=O) groups excluding carboxylic acids is 1. The number of carbonyl (C=O) groups is 1. The highest BCUT2D eigenvalue weighted by Crippen LogP contribution is 2.25. The van der Waals surface area contributed by atoms with Crippen LogP contribution >= 0.6 is 0 Å². The minimum Gasteiger partial charge on any atom is -0.360 e. The predicted molar refractivity (Wildman–Crippen MR) is 85.6 cm³/mol. The first kappa shape index (κ1) is 14.8. The SMILES string of the molecule is Cc1onc(-c2ccccc2)c1C(=O)NC1CCCCCC1. The van der Waals surface area contributed by atoms with E-state index in [4.69, 9.17) is 4.52 Å². The Morgan fingerprint density at radius 2 is 1.82 bits per heavy atom. The van der Waals surface area contributed by atoms with Crippen LogP contribution in [0.15, 0.2) is 34.9 Å². The Kier molecular flexibility index (Phi) is 4.56. The normalized spacial score (nSPS) is 16.2. The number of hydrogen-bond donors (Lipinski definition) is 1.